The Balaban J connectivity index is 1.86. The molecular formula is C19H18N6O. The Morgan fingerprint density at radius 1 is 1.12 bits per heavy atom. The molecule has 0 spiro atoms. The summed E-state index contributed by atoms with van der Waals surface area (Å²) in [7, 11) is 1.88. The first-order valence-corrected chi connectivity index (χ1v) is 8.20. The summed E-state index contributed by atoms with van der Waals surface area (Å²) >= 11 is 0. The lowest BCUT2D eigenvalue weighted by Crippen LogP contribution is -2.10. The number of imidazole rings is 1. The molecule has 0 saturated heterocycles. The molecule has 7 heteroatoms. The van der Waals surface area contributed by atoms with Gasteiger partial charge in [-0.25, -0.2) is 9.67 Å². The fourth-order valence-corrected chi connectivity index (χ4v) is 3.07. The zero-order valence-corrected chi connectivity index (χ0v) is 14.5. The van der Waals surface area contributed by atoms with E-state index >= 15 is 0 Å². The second-order valence-electron chi connectivity index (χ2n) is 5.99. The van der Waals surface area contributed by atoms with E-state index in [1.54, 1.807) is 10.6 Å². The van der Waals surface area contributed by atoms with Crippen LogP contribution in [0.3, 0.4) is 0 Å². The lowest BCUT2D eigenvalue weighted by molar-refractivity contribution is 0.0996. The van der Waals surface area contributed by atoms with E-state index in [2.05, 4.69) is 10.3 Å². The van der Waals surface area contributed by atoms with Gasteiger partial charge in [-0.3, -0.25) is 4.79 Å². The predicted octanol–water partition coefficient (Wildman–Crippen LogP) is 2.64. The van der Waals surface area contributed by atoms with E-state index in [0.717, 1.165) is 28.3 Å². The van der Waals surface area contributed by atoms with Gasteiger partial charge < -0.3 is 15.5 Å². The molecule has 0 radical (unpaired) electrons. The Morgan fingerprint density at radius 2 is 1.88 bits per heavy atom. The summed E-state index contributed by atoms with van der Waals surface area (Å²) in [5, 5.41) is 8.03. The lowest BCUT2D eigenvalue weighted by atomic mass is 10.1. The molecule has 0 atom stereocenters. The summed E-state index contributed by atoms with van der Waals surface area (Å²) in [6.07, 6.45) is 3.53. The van der Waals surface area contributed by atoms with Crippen LogP contribution in [0.2, 0.25) is 0 Å². The summed E-state index contributed by atoms with van der Waals surface area (Å²) in [6, 6.07) is 13.7. The molecule has 3 N–H and O–H groups in total. The average molecular weight is 346 g/mol. The number of hydrogen-bond donors (Lipinski definition) is 2. The lowest BCUT2D eigenvalue weighted by Gasteiger charge is -2.06. The molecule has 7 nitrogen and oxygen atoms in total. The molecule has 4 aromatic rings. The highest BCUT2D eigenvalue weighted by Crippen LogP contribution is 2.30. The van der Waals surface area contributed by atoms with Gasteiger partial charge in [-0.15, -0.1) is 0 Å². The zero-order chi connectivity index (χ0) is 18.3. The molecule has 0 aliphatic heterocycles. The van der Waals surface area contributed by atoms with Gasteiger partial charge in [0.2, 0.25) is 0 Å². The van der Waals surface area contributed by atoms with Crippen molar-refractivity contribution in [2.24, 2.45) is 5.73 Å². The van der Waals surface area contributed by atoms with Crippen molar-refractivity contribution in [3.63, 3.8) is 0 Å². The number of benzene rings is 1. The minimum absolute atomic E-state index is 0.240. The van der Waals surface area contributed by atoms with Crippen molar-refractivity contribution < 1.29 is 4.79 Å². The fraction of sp³-hybridized carbons (Fsp3) is 0.105. The van der Waals surface area contributed by atoms with Gasteiger partial charge in [0.25, 0.3) is 5.91 Å². The highest BCUT2D eigenvalue weighted by molar-refractivity contribution is 5.91. The number of nitrogens with two attached hydrogens (primary N) is 1. The van der Waals surface area contributed by atoms with E-state index < -0.39 is 5.91 Å². The third kappa shape index (κ3) is 2.50. The summed E-state index contributed by atoms with van der Waals surface area (Å²) in [5.41, 5.74) is 10.0. The van der Waals surface area contributed by atoms with Gasteiger partial charge in [-0.2, -0.15) is 5.10 Å². The van der Waals surface area contributed by atoms with E-state index in [1.165, 1.54) is 0 Å². The largest absolute Gasteiger partial charge is 0.373 e. The second-order valence-corrected chi connectivity index (χ2v) is 5.99. The maximum Gasteiger partial charge on any atom is 0.268 e. The number of nitrogens with zero attached hydrogens (tertiary/aromatic N) is 4. The van der Waals surface area contributed by atoms with Gasteiger partial charge in [0.1, 0.15) is 17.2 Å². The van der Waals surface area contributed by atoms with Crippen molar-refractivity contribution in [3.8, 4) is 16.9 Å². The summed E-state index contributed by atoms with van der Waals surface area (Å²) in [5.74, 6) is 0.381. The van der Waals surface area contributed by atoms with Crippen LogP contribution < -0.4 is 11.1 Å². The van der Waals surface area contributed by atoms with Crippen molar-refractivity contribution in [3.05, 3.63) is 66.1 Å². The SMILES string of the molecule is CNc1c(C)c(-c2ccc3nc(C(N)=O)cn3c2)nn1-c1ccccc1. The van der Waals surface area contributed by atoms with Crippen molar-refractivity contribution >= 4 is 17.4 Å². The Bertz CT molecular complexity index is 1110. The molecule has 0 unspecified atom stereocenters. The molecule has 1 aromatic carbocycles. The Labute approximate surface area is 150 Å². The topological polar surface area (TPSA) is 90.2 Å². The van der Waals surface area contributed by atoms with Gasteiger partial charge in [-0.05, 0) is 31.2 Å². The number of nitrogens with one attached hydrogen (secondary N) is 1. The standard InChI is InChI=1S/C19H18N6O/c1-12-17(23-25(19(12)21-2)14-6-4-3-5-7-14)13-8-9-16-22-15(18(20)26)11-24(16)10-13/h3-11,21H,1-2H3,(H2,20,26). The monoisotopic (exact) mass is 346 g/mol. The number of primary amides is 1. The molecular weight excluding hydrogens is 328 g/mol. The first kappa shape index (κ1) is 15.9. The number of pyridine rings is 1. The molecule has 0 saturated carbocycles. The van der Waals surface area contributed by atoms with Crippen molar-refractivity contribution in [1.82, 2.24) is 19.2 Å². The second kappa shape index (κ2) is 6.03. The minimum Gasteiger partial charge on any atom is -0.373 e. The maximum absolute atomic E-state index is 11.3. The third-order valence-electron chi connectivity index (χ3n) is 4.34. The first-order valence-electron chi connectivity index (χ1n) is 8.20. The summed E-state index contributed by atoms with van der Waals surface area (Å²) in [4.78, 5) is 15.6. The number of carbonyl (C=O) groups excluding carboxylic acids is 1. The Morgan fingerprint density at radius 3 is 2.58 bits per heavy atom. The first-order chi connectivity index (χ1) is 12.6. The zero-order valence-electron chi connectivity index (χ0n) is 14.5. The molecule has 0 aliphatic carbocycles. The number of para-hydroxylation sites is 1. The van der Waals surface area contributed by atoms with E-state index in [4.69, 9.17) is 10.8 Å². The van der Waals surface area contributed by atoms with Crippen LogP contribution >= 0.6 is 0 Å². The van der Waals surface area contributed by atoms with Crippen LogP contribution in [0, 0.1) is 6.92 Å². The molecule has 26 heavy (non-hydrogen) atoms. The number of fused-ring (bicyclic) bond motifs is 1. The van der Waals surface area contributed by atoms with Crippen molar-refractivity contribution in [2.45, 2.75) is 6.92 Å². The Hall–Kier alpha value is -3.61. The quantitative estimate of drug-likeness (QED) is 0.594. The van der Waals surface area contributed by atoms with Crippen LogP contribution in [0.1, 0.15) is 16.1 Å². The molecule has 130 valence electrons. The molecule has 0 bridgehead atoms. The number of amides is 1. The third-order valence-corrected chi connectivity index (χ3v) is 4.34. The van der Waals surface area contributed by atoms with Crippen molar-refractivity contribution in [2.75, 3.05) is 12.4 Å². The smallest absolute Gasteiger partial charge is 0.268 e. The normalized spacial score (nSPS) is 11.0. The highest BCUT2D eigenvalue weighted by atomic mass is 16.1. The van der Waals surface area contributed by atoms with E-state index in [9.17, 15) is 4.79 Å². The minimum atomic E-state index is -0.544. The van der Waals surface area contributed by atoms with Crippen LogP contribution in [0.25, 0.3) is 22.6 Å². The molecule has 3 aromatic heterocycles. The van der Waals surface area contributed by atoms with Crippen LogP contribution in [0.15, 0.2) is 54.9 Å². The van der Waals surface area contributed by atoms with Crippen LogP contribution in [0.5, 0.6) is 0 Å². The number of anilines is 1. The van der Waals surface area contributed by atoms with E-state index in [-0.39, 0.29) is 5.69 Å². The number of hydrogen-bond acceptors (Lipinski definition) is 4. The van der Waals surface area contributed by atoms with Gasteiger partial charge in [0.05, 0.1) is 11.4 Å². The van der Waals surface area contributed by atoms with Crippen LogP contribution in [0.4, 0.5) is 5.82 Å². The maximum atomic E-state index is 11.3. The molecule has 3 heterocycles. The van der Waals surface area contributed by atoms with Crippen LogP contribution in [-0.2, 0) is 0 Å². The van der Waals surface area contributed by atoms with Crippen LogP contribution in [-0.4, -0.2) is 32.1 Å². The summed E-state index contributed by atoms with van der Waals surface area (Å²) in [6.45, 7) is 2.03. The number of carbonyl (C=O) groups is 1. The molecule has 0 fully saturated rings. The van der Waals surface area contributed by atoms with Crippen molar-refractivity contribution in [1.29, 1.82) is 0 Å². The Kier molecular flexibility index (Phi) is 3.69. The van der Waals surface area contributed by atoms with Gasteiger partial charge in [0.15, 0.2) is 0 Å². The molecule has 1 amide bonds. The van der Waals surface area contributed by atoms with Gasteiger partial charge in [0, 0.05) is 30.6 Å². The molecule has 0 aliphatic rings. The predicted molar refractivity (Wildman–Crippen MR) is 101 cm³/mol. The number of rotatable bonds is 4. The number of aromatic nitrogens is 4. The highest BCUT2D eigenvalue weighted by Gasteiger charge is 2.17. The molecule has 4 rings (SSSR count). The van der Waals surface area contributed by atoms with Gasteiger partial charge in [-0.1, -0.05) is 18.2 Å². The van der Waals surface area contributed by atoms with Gasteiger partial charge >= 0.3 is 0 Å². The summed E-state index contributed by atoms with van der Waals surface area (Å²) < 4.78 is 3.67. The van der Waals surface area contributed by atoms with E-state index in [1.807, 2.05) is 67.3 Å². The van der Waals surface area contributed by atoms with E-state index in [0.29, 0.717) is 5.65 Å². The fourth-order valence-electron chi connectivity index (χ4n) is 3.07. The average Bonchev–Trinajstić information content (AvgIpc) is 3.22.